The van der Waals surface area contributed by atoms with Crippen molar-refractivity contribution in [3.63, 3.8) is 0 Å². The van der Waals surface area contributed by atoms with Crippen molar-refractivity contribution >= 4 is 28.0 Å². The van der Waals surface area contributed by atoms with Crippen molar-refractivity contribution in [3.05, 3.63) is 94.6 Å². The number of amides is 1. The standard InChI is InChI=1S/C22H19NO3S/c24-21(13-17-7-3-6-16-5-1-2-8-19(16)17)23-15-22(25,18-10-11-26-14-18)20-9-4-12-27-20/h1-12,14,25H,13,15H2,(H,23,24)/t22-/m1/s1. The Balaban J connectivity index is 1.52. The van der Waals surface area contributed by atoms with Crippen molar-refractivity contribution in [1.29, 1.82) is 0 Å². The van der Waals surface area contributed by atoms with Crippen LogP contribution in [0.2, 0.25) is 0 Å². The van der Waals surface area contributed by atoms with E-state index in [1.165, 1.54) is 23.9 Å². The summed E-state index contributed by atoms with van der Waals surface area (Å²) in [6.07, 6.45) is 3.29. The Morgan fingerprint density at radius 2 is 1.93 bits per heavy atom. The number of carbonyl (C=O) groups excluding carboxylic acids is 1. The highest BCUT2D eigenvalue weighted by molar-refractivity contribution is 7.10. The van der Waals surface area contributed by atoms with E-state index in [0.29, 0.717) is 5.56 Å². The topological polar surface area (TPSA) is 62.5 Å². The predicted octanol–water partition coefficient (Wildman–Crippen LogP) is 4.09. The third-order valence-electron chi connectivity index (χ3n) is 4.70. The number of aliphatic hydroxyl groups is 1. The molecule has 0 radical (unpaired) electrons. The molecule has 0 saturated carbocycles. The zero-order valence-corrected chi connectivity index (χ0v) is 15.4. The summed E-state index contributed by atoms with van der Waals surface area (Å²) in [5.41, 5.74) is 0.277. The molecule has 2 N–H and O–H groups in total. The van der Waals surface area contributed by atoms with Crippen LogP contribution in [0.3, 0.4) is 0 Å². The summed E-state index contributed by atoms with van der Waals surface area (Å²) in [6.45, 7) is 0.0800. The molecule has 0 aliphatic rings. The molecule has 4 rings (SSSR count). The molecule has 0 fully saturated rings. The van der Waals surface area contributed by atoms with E-state index in [1.807, 2.05) is 60.0 Å². The van der Waals surface area contributed by atoms with Crippen LogP contribution in [0.1, 0.15) is 16.0 Å². The van der Waals surface area contributed by atoms with Gasteiger partial charge in [0.2, 0.25) is 5.91 Å². The average Bonchev–Trinajstić information content (AvgIpc) is 3.41. The Kier molecular flexibility index (Phi) is 4.79. The molecule has 0 bridgehead atoms. The van der Waals surface area contributed by atoms with Gasteiger partial charge in [0, 0.05) is 10.4 Å². The smallest absolute Gasteiger partial charge is 0.224 e. The van der Waals surface area contributed by atoms with Crippen LogP contribution in [0.25, 0.3) is 10.8 Å². The maximum Gasteiger partial charge on any atom is 0.224 e. The van der Waals surface area contributed by atoms with Gasteiger partial charge in [0.05, 0.1) is 25.5 Å². The molecule has 1 amide bonds. The Morgan fingerprint density at radius 3 is 2.70 bits per heavy atom. The molecule has 0 aliphatic carbocycles. The first-order chi connectivity index (χ1) is 13.2. The van der Waals surface area contributed by atoms with Gasteiger partial charge in [0.15, 0.2) is 0 Å². The molecular weight excluding hydrogens is 358 g/mol. The average molecular weight is 377 g/mol. The number of hydrogen-bond acceptors (Lipinski definition) is 4. The first-order valence-electron chi connectivity index (χ1n) is 8.69. The van der Waals surface area contributed by atoms with Crippen LogP contribution in [0.4, 0.5) is 0 Å². The summed E-state index contributed by atoms with van der Waals surface area (Å²) in [5, 5.41) is 18.2. The van der Waals surface area contributed by atoms with Crippen LogP contribution in [0, 0.1) is 0 Å². The minimum absolute atomic E-state index is 0.0800. The molecular formula is C22H19NO3S. The summed E-state index contributed by atoms with van der Waals surface area (Å²) in [4.78, 5) is 13.4. The molecule has 2 heterocycles. The maximum atomic E-state index is 12.6. The fourth-order valence-electron chi connectivity index (χ4n) is 3.25. The lowest BCUT2D eigenvalue weighted by Crippen LogP contribution is -2.41. The lowest BCUT2D eigenvalue weighted by molar-refractivity contribution is -0.121. The van der Waals surface area contributed by atoms with Gasteiger partial charge < -0.3 is 14.8 Å². The van der Waals surface area contributed by atoms with Gasteiger partial charge in [-0.15, -0.1) is 11.3 Å². The summed E-state index contributed by atoms with van der Waals surface area (Å²) >= 11 is 1.44. The fraction of sp³-hybridized carbons (Fsp3) is 0.136. The number of hydrogen-bond donors (Lipinski definition) is 2. The van der Waals surface area contributed by atoms with E-state index in [-0.39, 0.29) is 18.9 Å². The van der Waals surface area contributed by atoms with Crippen LogP contribution in [-0.4, -0.2) is 17.6 Å². The maximum absolute atomic E-state index is 12.6. The van der Waals surface area contributed by atoms with Crippen LogP contribution >= 0.6 is 11.3 Å². The molecule has 2 aromatic heterocycles. The van der Waals surface area contributed by atoms with Crippen molar-refractivity contribution in [2.75, 3.05) is 6.54 Å². The van der Waals surface area contributed by atoms with E-state index in [4.69, 9.17) is 4.42 Å². The van der Waals surface area contributed by atoms with E-state index >= 15 is 0 Å². The normalized spacial score (nSPS) is 13.4. The van der Waals surface area contributed by atoms with E-state index in [9.17, 15) is 9.90 Å². The van der Waals surface area contributed by atoms with Crippen LogP contribution in [-0.2, 0) is 16.8 Å². The SMILES string of the molecule is O=C(Cc1cccc2ccccc12)NC[C@@](O)(c1ccoc1)c1cccs1. The third-order valence-corrected chi connectivity index (χ3v) is 5.72. The van der Waals surface area contributed by atoms with Gasteiger partial charge in [-0.2, -0.15) is 0 Å². The first-order valence-corrected chi connectivity index (χ1v) is 9.57. The van der Waals surface area contributed by atoms with Crippen LogP contribution in [0.5, 0.6) is 0 Å². The van der Waals surface area contributed by atoms with Gasteiger partial charge in [0.1, 0.15) is 5.60 Å². The zero-order valence-electron chi connectivity index (χ0n) is 14.6. The molecule has 27 heavy (non-hydrogen) atoms. The zero-order chi connectivity index (χ0) is 18.7. The highest BCUT2D eigenvalue weighted by atomic mass is 32.1. The number of rotatable bonds is 6. The first kappa shape index (κ1) is 17.5. The second-order valence-corrected chi connectivity index (χ2v) is 7.39. The van der Waals surface area contributed by atoms with Crippen molar-refractivity contribution in [3.8, 4) is 0 Å². The summed E-state index contributed by atoms with van der Waals surface area (Å²) in [6, 6.07) is 19.4. The van der Waals surface area contributed by atoms with Gasteiger partial charge >= 0.3 is 0 Å². The largest absolute Gasteiger partial charge is 0.472 e. The van der Waals surface area contributed by atoms with Gasteiger partial charge in [-0.1, -0.05) is 48.5 Å². The Morgan fingerprint density at radius 1 is 1.07 bits per heavy atom. The highest BCUT2D eigenvalue weighted by Gasteiger charge is 2.34. The predicted molar refractivity (Wildman–Crippen MR) is 107 cm³/mol. The second kappa shape index (κ2) is 7.39. The molecule has 2 aromatic carbocycles. The van der Waals surface area contributed by atoms with Crippen molar-refractivity contribution in [2.45, 2.75) is 12.0 Å². The quantitative estimate of drug-likeness (QED) is 0.532. The molecule has 136 valence electrons. The number of thiophene rings is 1. The summed E-state index contributed by atoms with van der Waals surface area (Å²) < 4.78 is 5.14. The number of furan rings is 1. The summed E-state index contributed by atoms with van der Waals surface area (Å²) in [7, 11) is 0. The summed E-state index contributed by atoms with van der Waals surface area (Å²) in [5.74, 6) is -0.134. The van der Waals surface area contributed by atoms with Gasteiger partial charge in [0.25, 0.3) is 0 Å². The van der Waals surface area contributed by atoms with Crippen molar-refractivity contribution in [1.82, 2.24) is 5.32 Å². The van der Waals surface area contributed by atoms with Crippen LogP contribution in [0.15, 0.2) is 83.0 Å². The van der Waals surface area contributed by atoms with Crippen LogP contribution < -0.4 is 5.32 Å². The van der Waals surface area contributed by atoms with Gasteiger partial charge in [-0.25, -0.2) is 0 Å². The highest BCUT2D eigenvalue weighted by Crippen LogP contribution is 2.32. The molecule has 0 unspecified atom stereocenters. The van der Waals surface area contributed by atoms with E-state index in [2.05, 4.69) is 5.32 Å². The van der Waals surface area contributed by atoms with Crippen molar-refractivity contribution in [2.24, 2.45) is 0 Å². The minimum atomic E-state index is -1.31. The molecule has 0 aliphatic heterocycles. The van der Waals surface area contributed by atoms with E-state index in [1.54, 1.807) is 6.07 Å². The molecule has 4 aromatic rings. The number of benzene rings is 2. The molecule has 4 nitrogen and oxygen atoms in total. The number of fused-ring (bicyclic) bond motifs is 1. The lowest BCUT2D eigenvalue weighted by Gasteiger charge is -2.26. The molecule has 0 saturated heterocycles. The monoisotopic (exact) mass is 377 g/mol. The Hall–Kier alpha value is -2.89. The Bertz CT molecular complexity index is 999. The van der Waals surface area contributed by atoms with Crippen molar-refractivity contribution < 1.29 is 14.3 Å². The Labute approximate surface area is 161 Å². The van der Waals surface area contributed by atoms with E-state index < -0.39 is 5.60 Å². The third kappa shape index (κ3) is 3.52. The number of nitrogens with one attached hydrogen (secondary N) is 1. The number of carbonyl (C=O) groups is 1. The van der Waals surface area contributed by atoms with Gasteiger partial charge in [-0.3, -0.25) is 4.79 Å². The van der Waals surface area contributed by atoms with E-state index in [0.717, 1.165) is 21.2 Å². The fourth-order valence-corrected chi connectivity index (χ4v) is 4.10. The van der Waals surface area contributed by atoms with Gasteiger partial charge in [-0.05, 0) is 33.8 Å². The second-order valence-electron chi connectivity index (χ2n) is 6.44. The lowest BCUT2D eigenvalue weighted by atomic mass is 9.94. The molecule has 1 atom stereocenters. The molecule has 5 heteroatoms. The minimum Gasteiger partial charge on any atom is -0.472 e. The molecule has 0 spiro atoms.